The van der Waals surface area contributed by atoms with Gasteiger partial charge >= 0.3 is 0 Å². The number of nitrogens with two attached hydrogens (primary N) is 1. The summed E-state index contributed by atoms with van der Waals surface area (Å²) in [6.45, 7) is 1.90. The van der Waals surface area contributed by atoms with Gasteiger partial charge in [0.05, 0.1) is 0 Å². The molecule has 1 unspecified atom stereocenters. The molecule has 0 aliphatic rings. The monoisotopic (exact) mass is 321 g/mol. The smallest absolute Gasteiger partial charge is 0.224 e. The number of ether oxygens (including phenoxy) is 1. The molecule has 0 aliphatic carbocycles. The zero-order chi connectivity index (χ0) is 16.8. The lowest BCUT2D eigenvalue weighted by atomic mass is 10.2. The molecule has 0 saturated heterocycles. The van der Waals surface area contributed by atoms with Crippen LogP contribution < -0.4 is 15.8 Å². The Labute approximate surface area is 132 Å². The van der Waals surface area contributed by atoms with Crippen LogP contribution in [0.15, 0.2) is 36.5 Å². The molecule has 1 aromatic heterocycles. The molecule has 23 heavy (non-hydrogen) atoms. The minimum Gasteiger partial charge on any atom is -0.436 e. The molecule has 1 aromatic carbocycles. The molecule has 0 spiro atoms. The van der Waals surface area contributed by atoms with E-state index in [0.717, 1.165) is 12.1 Å². The fraction of sp³-hybridized carbons (Fsp3) is 0.250. The minimum atomic E-state index is -0.831. The molecule has 2 aromatic rings. The van der Waals surface area contributed by atoms with E-state index in [2.05, 4.69) is 10.3 Å². The predicted octanol–water partition coefficient (Wildman–Crippen LogP) is 2.51. The van der Waals surface area contributed by atoms with Crippen molar-refractivity contribution in [2.45, 2.75) is 25.9 Å². The summed E-state index contributed by atoms with van der Waals surface area (Å²) in [5.41, 5.74) is 6.12. The highest BCUT2D eigenvalue weighted by Gasteiger charge is 2.12. The Morgan fingerprint density at radius 1 is 1.39 bits per heavy atom. The first-order valence-electron chi connectivity index (χ1n) is 7.05. The van der Waals surface area contributed by atoms with Gasteiger partial charge in [0.2, 0.25) is 11.8 Å². The van der Waals surface area contributed by atoms with Crippen LogP contribution in [-0.4, -0.2) is 16.9 Å². The fourth-order valence-corrected chi connectivity index (χ4v) is 1.87. The zero-order valence-electron chi connectivity index (χ0n) is 12.6. The van der Waals surface area contributed by atoms with Gasteiger partial charge in [-0.05, 0) is 25.1 Å². The lowest BCUT2D eigenvalue weighted by molar-refractivity contribution is -0.121. The number of hydrogen-bond donors (Lipinski definition) is 2. The third kappa shape index (κ3) is 5.00. The highest BCUT2D eigenvalue weighted by atomic mass is 19.1. The molecule has 122 valence electrons. The molecule has 0 radical (unpaired) electrons. The van der Waals surface area contributed by atoms with Crippen molar-refractivity contribution < 1.29 is 18.3 Å². The van der Waals surface area contributed by atoms with Crippen molar-refractivity contribution in [2.24, 2.45) is 5.73 Å². The van der Waals surface area contributed by atoms with Crippen LogP contribution in [0.2, 0.25) is 0 Å². The van der Waals surface area contributed by atoms with Crippen molar-refractivity contribution in [2.75, 3.05) is 0 Å². The first-order chi connectivity index (χ1) is 11.0. The van der Waals surface area contributed by atoms with Crippen LogP contribution in [0.4, 0.5) is 8.78 Å². The molecule has 0 fully saturated rings. The Bertz CT molecular complexity index is 693. The van der Waals surface area contributed by atoms with Crippen molar-refractivity contribution in [3.05, 3.63) is 53.7 Å². The molecule has 0 aliphatic heterocycles. The van der Waals surface area contributed by atoms with Gasteiger partial charge in [-0.2, -0.15) is 0 Å². The number of rotatable bonds is 6. The number of amides is 1. The maximum atomic E-state index is 13.6. The van der Waals surface area contributed by atoms with Crippen molar-refractivity contribution in [1.29, 1.82) is 0 Å². The minimum absolute atomic E-state index is 0.138. The molecule has 0 saturated carbocycles. The van der Waals surface area contributed by atoms with Crippen molar-refractivity contribution >= 4 is 5.91 Å². The SMILES string of the molecule is CC(N)CC(=O)NCc1cccnc1Oc1ccc(F)cc1F. The normalized spacial score (nSPS) is 11.8. The van der Waals surface area contributed by atoms with E-state index in [-0.39, 0.29) is 36.5 Å². The number of nitrogens with one attached hydrogen (secondary N) is 1. The number of carbonyl (C=O) groups is 1. The van der Waals surface area contributed by atoms with E-state index < -0.39 is 11.6 Å². The van der Waals surface area contributed by atoms with Crippen LogP contribution in [0.25, 0.3) is 0 Å². The molecular weight excluding hydrogens is 304 g/mol. The Hall–Kier alpha value is -2.54. The molecular formula is C16H17F2N3O2. The van der Waals surface area contributed by atoms with Gasteiger partial charge < -0.3 is 15.8 Å². The van der Waals surface area contributed by atoms with E-state index in [9.17, 15) is 13.6 Å². The van der Waals surface area contributed by atoms with Crippen LogP contribution in [-0.2, 0) is 11.3 Å². The first kappa shape index (κ1) is 16.8. The van der Waals surface area contributed by atoms with Crippen molar-refractivity contribution in [3.63, 3.8) is 0 Å². The quantitative estimate of drug-likeness (QED) is 0.857. The Balaban J connectivity index is 2.09. The third-order valence-electron chi connectivity index (χ3n) is 2.93. The zero-order valence-corrected chi connectivity index (χ0v) is 12.6. The molecule has 1 atom stereocenters. The summed E-state index contributed by atoms with van der Waals surface area (Å²) >= 11 is 0. The van der Waals surface area contributed by atoms with E-state index >= 15 is 0 Å². The molecule has 0 bridgehead atoms. The summed E-state index contributed by atoms with van der Waals surface area (Å²) in [7, 11) is 0. The maximum Gasteiger partial charge on any atom is 0.224 e. The van der Waals surface area contributed by atoms with Gasteiger partial charge in [0.15, 0.2) is 11.6 Å². The topological polar surface area (TPSA) is 77.2 Å². The highest BCUT2D eigenvalue weighted by molar-refractivity contribution is 5.76. The average molecular weight is 321 g/mol. The number of nitrogens with zero attached hydrogens (tertiary/aromatic N) is 1. The maximum absolute atomic E-state index is 13.6. The average Bonchev–Trinajstić information content (AvgIpc) is 2.48. The lowest BCUT2D eigenvalue weighted by Crippen LogP contribution is -2.29. The summed E-state index contributed by atoms with van der Waals surface area (Å²) in [5, 5.41) is 2.69. The second kappa shape index (κ2) is 7.64. The van der Waals surface area contributed by atoms with Gasteiger partial charge in [-0.1, -0.05) is 6.07 Å². The number of benzene rings is 1. The van der Waals surface area contributed by atoms with Gasteiger partial charge in [-0.3, -0.25) is 4.79 Å². The molecule has 5 nitrogen and oxygen atoms in total. The van der Waals surface area contributed by atoms with Crippen LogP contribution in [0, 0.1) is 11.6 Å². The summed E-state index contributed by atoms with van der Waals surface area (Å²) in [6, 6.07) is 6.11. The van der Waals surface area contributed by atoms with E-state index in [0.29, 0.717) is 5.56 Å². The molecule has 3 N–H and O–H groups in total. The van der Waals surface area contributed by atoms with Crippen molar-refractivity contribution in [1.82, 2.24) is 10.3 Å². The molecule has 1 amide bonds. The largest absolute Gasteiger partial charge is 0.436 e. The predicted molar refractivity (Wildman–Crippen MR) is 80.8 cm³/mol. The second-order valence-corrected chi connectivity index (χ2v) is 5.10. The number of halogens is 2. The van der Waals surface area contributed by atoms with Gasteiger partial charge in [-0.25, -0.2) is 13.8 Å². The summed E-state index contributed by atoms with van der Waals surface area (Å²) in [6.07, 6.45) is 1.67. The third-order valence-corrected chi connectivity index (χ3v) is 2.93. The molecule has 1 heterocycles. The lowest BCUT2D eigenvalue weighted by Gasteiger charge is -2.12. The first-order valence-corrected chi connectivity index (χ1v) is 7.05. The summed E-state index contributed by atoms with van der Waals surface area (Å²) < 4.78 is 31.9. The fourth-order valence-electron chi connectivity index (χ4n) is 1.87. The number of pyridine rings is 1. The number of aromatic nitrogens is 1. The second-order valence-electron chi connectivity index (χ2n) is 5.10. The van der Waals surface area contributed by atoms with Gasteiger partial charge in [-0.15, -0.1) is 0 Å². The van der Waals surface area contributed by atoms with Crippen LogP contribution in [0.1, 0.15) is 18.9 Å². The Morgan fingerprint density at radius 3 is 2.87 bits per heavy atom. The van der Waals surface area contributed by atoms with E-state index in [1.54, 1.807) is 19.1 Å². The summed E-state index contributed by atoms with van der Waals surface area (Å²) in [4.78, 5) is 15.7. The van der Waals surface area contributed by atoms with Crippen molar-refractivity contribution in [3.8, 4) is 11.6 Å². The standard InChI is InChI=1S/C16H17F2N3O2/c1-10(19)7-15(22)21-9-11-3-2-6-20-16(11)23-14-5-4-12(17)8-13(14)18/h2-6,8,10H,7,9,19H2,1H3,(H,21,22). The highest BCUT2D eigenvalue weighted by Crippen LogP contribution is 2.25. The van der Waals surface area contributed by atoms with E-state index in [4.69, 9.17) is 10.5 Å². The Kier molecular flexibility index (Phi) is 5.59. The molecule has 2 rings (SSSR count). The van der Waals surface area contributed by atoms with E-state index in [1.807, 2.05) is 0 Å². The van der Waals surface area contributed by atoms with Gasteiger partial charge in [0.1, 0.15) is 5.82 Å². The van der Waals surface area contributed by atoms with E-state index in [1.165, 1.54) is 12.3 Å². The number of hydrogen-bond acceptors (Lipinski definition) is 4. The number of carbonyl (C=O) groups excluding carboxylic acids is 1. The van der Waals surface area contributed by atoms with Crippen LogP contribution in [0.3, 0.4) is 0 Å². The van der Waals surface area contributed by atoms with Crippen LogP contribution in [0.5, 0.6) is 11.6 Å². The molecule has 7 heteroatoms. The van der Waals surface area contributed by atoms with Crippen LogP contribution >= 0.6 is 0 Å². The van der Waals surface area contributed by atoms with Gasteiger partial charge in [0, 0.05) is 36.8 Å². The van der Waals surface area contributed by atoms with Gasteiger partial charge in [0.25, 0.3) is 0 Å². The Morgan fingerprint density at radius 2 is 2.17 bits per heavy atom. The summed E-state index contributed by atoms with van der Waals surface area (Å²) in [5.74, 6) is -1.74.